The van der Waals surface area contributed by atoms with Crippen molar-refractivity contribution >= 4 is 55.9 Å². The van der Waals surface area contributed by atoms with Gasteiger partial charge in [-0.2, -0.15) is 0 Å². The van der Waals surface area contributed by atoms with Gasteiger partial charge in [0.1, 0.15) is 0 Å². The van der Waals surface area contributed by atoms with Crippen LogP contribution in [0, 0.1) is 6.92 Å². The lowest BCUT2D eigenvalue weighted by atomic mass is 10.3. The molecule has 0 fully saturated rings. The molecule has 9 heteroatoms. The fourth-order valence-electron chi connectivity index (χ4n) is 1.46. The minimum atomic E-state index is -3.54. The normalized spacial score (nSPS) is 11.9. The molecule has 0 bridgehead atoms. The Balaban J connectivity index is 2.00. The number of hydrogen-bond acceptors (Lipinski definition) is 5. The van der Waals surface area contributed by atoms with E-state index in [2.05, 4.69) is 9.71 Å². The summed E-state index contributed by atoms with van der Waals surface area (Å²) in [6, 6.07) is 3.68. The van der Waals surface area contributed by atoms with Crippen molar-refractivity contribution in [2.45, 2.75) is 17.6 Å². The van der Waals surface area contributed by atoms with Crippen LogP contribution in [-0.4, -0.2) is 19.9 Å². The lowest BCUT2D eigenvalue weighted by Crippen LogP contribution is -2.25. The number of aromatic nitrogens is 1. The van der Waals surface area contributed by atoms with Crippen molar-refractivity contribution in [2.75, 3.05) is 6.54 Å². The van der Waals surface area contributed by atoms with Gasteiger partial charge in [-0.1, -0.05) is 34.5 Å². The van der Waals surface area contributed by atoms with Crippen LogP contribution in [0.1, 0.15) is 10.6 Å². The molecule has 0 radical (unpaired) electrons. The van der Waals surface area contributed by atoms with Crippen LogP contribution in [0.5, 0.6) is 0 Å². The Hall–Kier alpha value is -0.180. The highest BCUT2D eigenvalue weighted by molar-refractivity contribution is 7.91. The first kappa shape index (κ1) is 15.2. The Bertz CT molecular complexity index is 679. The second-order valence-electron chi connectivity index (χ2n) is 3.69. The Kier molecular flexibility index (Phi) is 4.86. The average Bonchev–Trinajstić information content (AvgIpc) is 2.85. The number of halogens is 2. The first-order valence-corrected chi connectivity index (χ1v) is 9.12. The van der Waals surface area contributed by atoms with Crippen LogP contribution in [0.3, 0.4) is 0 Å². The smallest absolute Gasteiger partial charge is 0.229 e. The van der Waals surface area contributed by atoms with Crippen LogP contribution >= 0.6 is 45.9 Å². The predicted molar refractivity (Wildman–Crippen MR) is 80.1 cm³/mol. The molecule has 2 aromatic heterocycles. The highest BCUT2D eigenvalue weighted by atomic mass is 35.5. The second-order valence-corrected chi connectivity index (χ2v) is 9.04. The number of aryl methyl sites for hydroxylation is 1. The van der Waals surface area contributed by atoms with Crippen LogP contribution in [0.15, 0.2) is 16.3 Å². The van der Waals surface area contributed by atoms with E-state index < -0.39 is 10.0 Å². The van der Waals surface area contributed by atoms with Crippen molar-refractivity contribution in [1.82, 2.24) is 9.71 Å². The van der Waals surface area contributed by atoms with E-state index in [1.165, 1.54) is 11.3 Å². The Labute approximate surface area is 129 Å². The van der Waals surface area contributed by atoms with Gasteiger partial charge in [-0.3, -0.25) is 0 Å². The van der Waals surface area contributed by atoms with Gasteiger partial charge in [0.05, 0.1) is 10.0 Å². The van der Waals surface area contributed by atoms with Crippen LogP contribution in [0.4, 0.5) is 0 Å². The zero-order valence-electron chi connectivity index (χ0n) is 9.81. The quantitative estimate of drug-likeness (QED) is 0.893. The van der Waals surface area contributed by atoms with E-state index in [0.29, 0.717) is 23.0 Å². The summed E-state index contributed by atoms with van der Waals surface area (Å²) in [7, 11) is -3.54. The first-order valence-electron chi connectivity index (χ1n) is 5.25. The van der Waals surface area contributed by atoms with Gasteiger partial charge in [0.2, 0.25) is 0 Å². The number of rotatable bonds is 5. The van der Waals surface area contributed by atoms with Crippen molar-refractivity contribution in [2.24, 2.45) is 0 Å². The molecule has 0 unspecified atom stereocenters. The van der Waals surface area contributed by atoms with Crippen LogP contribution in [-0.2, 0) is 16.4 Å². The zero-order valence-corrected chi connectivity index (χ0v) is 13.8. The monoisotopic (exact) mass is 356 g/mol. The SMILES string of the molecule is Cc1nc(Cl)sc1S(=O)(=O)NCCc1ccc(Cl)s1. The maximum Gasteiger partial charge on any atom is 0.251 e. The van der Waals surface area contributed by atoms with Gasteiger partial charge in [-0.15, -0.1) is 11.3 Å². The molecule has 1 N–H and O–H groups in total. The number of sulfonamides is 1. The Morgan fingerprint density at radius 3 is 2.58 bits per heavy atom. The van der Waals surface area contributed by atoms with E-state index in [-0.39, 0.29) is 8.68 Å². The maximum atomic E-state index is 12.0. The highest BCUT2D eigenvalue weighted by Crippen LogP contribution is 2.26. The molecule has 0 spiro atoms. The minimum absolute atomic E-state index is 0.168. The molecule has 0 amide bonds. The third kappa shape index (κ3) is 3.90. The topological polar surface area (TPSA) is 59.1 Å². The summed E-state index contributed by atoms with van der Waals surface area (Å²) in [5, 5.41) is 0. The number of thiophene rings is 1. The minimum Gasteiger partial charge on any atom is -0.229 e. The molecular formula is C10H10Cl2N2O2S3. The molecule has 2 heterocycles. The van der Waals surface area contributed by atoms with Crippen molar-refractivity contribution in [3.63, 3.8) is 0 Å². The van der Waals surface area contributed by atoms with Gasteiger partial charge >= 0.3 is 0 Å². The summed E-state index contributed by atoms with van der Waals surface area (Å²) in [6.45, 7) is 1.93. The largest absolute Gasteiger partial charge is 0.251 e. The van der Waals surface area contributed by atoms with Crippen LogP contribution in [0.25, 0.3) is 0 Å². The zero-order chi connectivity index (χ0) is 14.0. The van der Waals surface area contributed by atoms with Gasteiger partial charge in [-0.05, 0) is 25.5 Å². The van der Waals surface area contributed by atoms with E-state index in [1.54, 1.807) is 13.0 Å². The van der Waals surface area contributed by atoms with E-state index in [0.717, 1.165) is 16.2 Å². The molecule has 0 aliphatic heterocycles. The third-order valence-electron chi connectivity index (χ3n) is 2.26. The predicted octanol–water partition coefficient (Wildman–Crippen LogP) is 3.34. The van der Waals surface area contributed by atoms with E-state index >= 15 is 0 Å². The number of nitrogens with zero attached hydrogens (tertiary/aromatic N) is 1. The molecule has 0 atom stereocenters. The molecule has 2 aromatic rings. The third-order valence-corrected chi connectivity index (χ3v) is 6.89. The summed E-state index contributed by atoms with van der Waals surface area (Å²) in [4.78, 5) is 4.93. The standard InChI is InChI=1S/C10H10Cl2N2O2S3/c1-6-9(18-10(12)14-6)19(15,16)13-5-4-7-2-3-8(11)17-7/h2-3,13H,4-5H2,1H3. The number of hydrogen-bond donors (Lipinski definition) is 1. The fourth-order valence-corrected chi connectivity index (χ4v) is 5.36. The molecule has 19 heavy (non-hydrogen) atoms. The molecule has 0 saturated carbocycles. The van der Waals surface area contributed by atoms with Gasteiger partial charge < -0.3 is 0 Å². The van der Waals surface area contributed by atoms with Gasteiger partial charge in [0.15, 0.2) is 8.68 Å². The van der Waals surface area contributed by atoms with Crippen molar-refractivity contribution in [3.8, 4) is 0 Å². The molecule has 4 nitrogen and oxygen atoms in total. The molecule has 0 aliphatic rings. The lowest BCUT2D eigenvalue weighted by Gasteiger charge is -2.04. The molecule has 104 valence electrons. The van der Waals surface area contributed by atoms with E-state index in [9.17, 15) is 8.42 Å². The van der Waals surface area contributed by atoms with Crippen LogP contribution < -0.4 is 4.72 Å². The van der Waals surface area contributed by atoms with Gasteiger partial charge in [0, 0.05) is 11.4 Å². The van der Waals surface area contributed by atoms with Crippen LogP contribution in [0.2, 0.25) is 8.80 Å². The number of nitrogens with one attached hydrogen (secondary N) is 1. The highest BCUT2D eigenvalue weighted by Gasteiger charge is 2.20. The summed E-state index contributed by atoms with van der Waals surface area (Å²) >= 11 is 13.9. The van der Waals surface area contributed by atoms with E-state index in [4.69, 9.17) is 23.2 Å². The fraction of sp³-hybridized carbons (Fsp3) is 0.300. The van der Waals surface area contributed by atoms with Gasteiger partial charge in [-0.25, -0.2) is 18.1 Å². The summed E-state index contributed by atoms with van der Waals surface area (Å²) < 4.78 is 27.7. The Morgan fingerprint density at radius 2 is 2.05 bits per heavy atom. The molecular weight excluding hydrogens is 347 g/mol. The average molecular weight is 357 g/mol. The maximum absolute atomic E-state index is 12.0. The lowest BCUT2D eigenvalue weighted by molar-refractivity contribution is 0.583. The summed E-state index contributed by atoms with van der Waals surface area (Å²) in [5.74, 6) is 0. The molecule has 0 aliphatic carbocycles. The molecule has 0 aromatic carbocycles. The summed E-state index contributed by atoms with van der Waals surface area (Å²) in [5.41, 5.74) is 0.418. The Morgan fingerprint density at radius 1 is 1.32 bits per heavy atom. The van der Waals surface area contributed by atoms with E-state index in [1.807, 2.05) is 6.07 Å². The summed E-state index contributed by atoms with van der Waals surface area (Å²) in [6.07, 6.45) is 0.599. The first-order chi connectivity index (χ1) is 8.88. The second kappa shape index (κ2) is 6.07. The van der Waals surface area contributed by atoms with Crippen molar-refractivity contribution < 1.29 is 8.42 Å². The van der Waals surface area contributed by atoms with Gasteiger partial charge in [0.25, 0.3) is 10.0 Å². The molecule has 0 saturated heterocycles. The molecule has 2 rings (SSSR count). The van der Waals surface area contributed by atoms with Crippen molar-refractivity contribution in [1.29, 1.82) is 0 Å². The van der Waals surface area contributed by atoms with Crippen molar-refractivity contribution in [3.05, 3.63) is 31.5 Å². The number of thiazole rings is 1.